The molecule has 0 unspecified atom stereocenters. The molecule has 0 radical (unpaired) electrons. The van der Waals surface area contributed by atoms with Crippen molar-refractivity contribution >= 4 is 42.3 Å². The Morgan fingerprint density at radius 2 is 1.20 bits per heavy atom. The van der Waals surface area contributed by atoms with Gasteiger partial charge < -0.3 is 0 Å². The Hall–Kier alpha value is -5.19. The molecular weight excluding hydrogens is 555 g/mol. The Labute approximate surface area is 259 Å². The number of thiophene rings is 1. The molecular formula is C40H27N3S. The Kier molecular flexibility index (Phi) is 5.41. The molecule has 0 spiro atoms. The predicted molar refractivity (Wildman–Crippen MR) is 184 cm³/mol. The highest BCUT2D eigenvalue weighted by atomic mass is 32.1. The molecule has 0 bridgehead atoms. The molecule has 0 N–H and O–H groups in total. The molecule has 44 heavy (non-hydrogen) atoms. The van der Waals surface area contributed by atoms with E-state index in [-0.39, 0.29) is 5.41 Å². The summed E-state index contributed by atoms with van der Waals surface area (Å²) >= 11 is 1.81. The second-order valence-corrected chi connectivity index (χ2v) is 13.1. The predicted octanol–water partition coefficient (Wildman–Crippen LogP) is 10.7. The van der Waals surface area contributed by atoms with Crippen LogP contribution in [0.5, 0.6) is 0 Å². The summed E-state index contributed by atoms with van der Waals surface area (Å²) < 4.78 is 2.52. The molecule has 0 aliphatic heterocycles. The third-order valence-electron chi connectivity index (χ3n) is 9.11. The normalized spacial score (nSPS) is 13.4. The fourth-order valence-corrected chi connectivity index (χ4v) is 8.19. The first-order chi connectivity index (χ1) is 21.6. The average molecular weight is 582 g/mol. The molecule has 1 aliphatic carbocycles. The van der Waals surface area contributed by atoms with Gasteiger partial charge in [-0.2, -0.15) is 0 Å². The molecule has 0 atom stereocenters. The first kappa shape index (κ1) is 25.3. The number of hydrogen-bond acceptors (Lipinski definition) is 4. The van der Waals surface area contributed by atoms with Crippen LogP contribution >= 0.6 is 11.3 Å². The van der Waals surface area contributed by atoms with Crippen molar-refractivity contribution in [1.29, 1.82) is 0 Å². The maximum atomic E-state index is 5.20. The van der Waals surface area contributed by atoms with Gasteiger partial charge in [0.25, 0.3) is 0 Å². The highest BCUT2D eigenvalue weighted by Gasteiger charge is 2.38. The highest BCUT2D eigenvalue weighted by Crippen LogP contribution is 2.54. The van der Waals surface area contributed by atoms with Crippen molar-refractivity contribution in [2.75, 3.05) is 0 Å². The Balaban J connectivity index is 1.29. The molecule has 208 valence electrons. The standard InChI is InChI=1S/C40H27N3S/c1-40(2)32-17-10-16-31(35(32)30-22-19-24-11-6-7-14-27(24)36(30)40)39-42-37(25-12-4-3-5-13-25)41-38(43-39)26-20-21-29-28-15-8-9-18-33(28)44-34(29)23-26/h3-23H,1-2H3. The summed E-state index contributed by atoms with van der Waals surface area (Å²) in [7, 11) is 0. The molecule has 9 rings (SSSR count). The lowest BCUT2D eigenvalue weighted by atomic mass is 9.80. The smallest absolute Gasteiger partial charge is 0.164 e. The van der Waals surface area contributed by atoms with Crippen LogP contribution in [0.2, 0.25) is 0 Å². The molecule has 0 saturated carbocycles. The summed E-state index contributed by atoms with van der Waals surface area (Å²) in [4.78, 5) is 15.4. The van der Waals surface area contributed by atoms with E-state index in [1.54, 1.807) is 0 Å². The van der Waals surface area contributed by atoms with E-state index in [2.05, 4.69) is 123 Å². The van der Waals surface area contributed by atoms with Crippen LogP contribution in [-0.2, 0) is 5.41 Å². The van der Waals surface area contributed by atoms with Crippen LogP contribution in [0.25, 0.3) is 76.2 Å². The SMILES string of the molecule is CC1(C)c2cccc(-c3nc(-c4ccccc4)nc(-c4ccc5c(c4)sc4ccccc45)n3)c2-c2ccc3ccccc3c21. The van der Waals surface area contributed by atoms with Crippen molar-refractivity contribution in [2.24, 2.45) is 0 Å². The molecule has 6 aromatic carbocycles. The van der Waals surface area contributed by atoms with Crippen LogP contribution in [-0.4, -0.2) is 15.0 Å². The molecule has 0 saturated heterocycles. The van der Waals surface area contributed by atoms with Gasteiger partial charge >= 0.3 is 0 Å². The van der Waals surface area contributed by atoms with E-state index >= 15 is 0 Å². The molecule has 0 fully saturated rings. The van der Waals surface area contributed by atoms with E-state index in [9.17, 15) is 0 Å². The van der Waals surface area contributed by atoms with Gasteiger partial charge in [0.15, 0.2) is 17.5 Å². The average Bonchev–Trinajstić information content (AvgIpc) is 3.56. The van der Waals surface area contributed by atoms with Crippen molar-refractivity contribution in [3.05, 3.63) is 139 Å². The lowest BCUT2D eigenvalue weighted by Gasteiger charge is -2.23. The molecule has 4 heteroatoms. The van der Waals surface area contributed by atoms with E-state index in [1.807, 2.05) is 29.5 Å². The Morgan fingerprint density at radius 1 is 0.500 bits per heavy atom. The summed E-state index contributed by atoms with van der Waals surface area (Å²) in [5, 5.41) is 5.11. The lowest BCUT2D eigenvalue weighted by Crippen LogP contribution is -2.15. The van der Waals surface area contributed by atoms with Gasteiger partial charge in [0.1, 0.15) is 0 Å². The van der Waals surface area contributed by atoms with Crippen molar-refractivity contribution in [2.45, 2.75) is 19.3 Å². The second kappa shape index (κ2) is 9.40. The summed E-state index contributed by atoms with van der Waals surface area (Å²) in [6.45, 7) is 4.67. The van der Waals surface area contributed by atoms with Crippen LogP contribution in [0.15, 0.2) is 127 Å². The van der Waals surface area contributed by atoms with E-state index < -0.39 is 0 Å². The first-order valence-electron chi connectivity index (χ1n) is 15.0. The van der Waals surface area contributed by atoms with Gasteiger partial charge in [-0.15, -0.1) is 11.3 Å². The van der Waals surface area contributed by atoms with Crippen LogP contribution < -0.4 is 0 Å². The van der Waals surface area contributed by atoms with Crippen LogP contribution in [0.3, 0.4) is 0 Å². The van der Waals surface area contributed by atoms with Crippen molar-refractivity contribution in [3.8, 4) is 45.3 Å². The van der Waals surface area contributed by atoms with Gasteiger partial charge in [-0.1, -0.05) is 129 Å². The molecule has 2 aromatic heterocycles. The maximum Gasteiger partial charge on any atom is 0.164 e. The number of nitrogens with zero attached hydrogens (tertiary/aromatic N) is 3. The molecule has 1 aliphatic rings. The van der Waals surface area contributed by atoms with E-state index in [1.165, 1.54) is 53.2 Å². The number of benzene rings is 6. The molecule has 0 amide bonds. The monoisotopic (exact) mass is 581 g/mol. The zero-order valence-corrected chi connectivity index (χ0v) is 25.2. The fraction of sp³-hybridized carbons (Fsp3) is 0.0750. The number of aromatic nitrogens is 3. The van der Waals surface area contributed by atoms with Gasteiger partial charge in [-0.3, -0.25) is 0 Å². The van der Waals surface area contributed by atoms with Crippen molar-refractivity contribution in [1.82, 2.24) is 15.0 Å². The van der Waals surface area contributed by atoms with Gasteiger partial charge in [0.2, 0.25) is 0 Å². The van der Waals surface area contributed by atoms with Crippen LogP contribution in [0, 0.1) is 0 Å². The second-order valence-electron chi connectivity index (χ2n) is 12.0. The quantitative estimate of drug-likeness (QED) is 0.208. The minimum Gasteiger partial charge on any atom is -0.208 e. The first-order valence-corrected chi connectivity index (χ1v) is 15.8. The highest BCUT2D eigenvalue weighted by molar-refractivity contribution is 7.25. The van der Waals surface area contributed by atoms with Gasteiger partial charge in [-0.25, -0.2) is 15.0 Å². The third-order valence-corrected chi connectivity index (χ3v) is 10.2. The Morgan fingerprint density at radius 3 is 2.07 bits per heavy atom. The zero-order chi connectivity index (χ0) is 29.4. The summed E-state index contributed by atoms with van der Waals surface area (Å²) in [5.74, 6) is 2.05. The summed E-state index contributed by atoms with van der Waals surface area (Å²) in [6, 6.07) is 45.2. The minimum atomic E-state index is -0.161. The largest absolute Gasteiger partial charge is 0.208 e. The van der Waals surface area contributed by atoms with Crippen LogP contribution in [0.1, 0.15) is 25.0 Å². The number of fused-ring (bicyclic) bond motifs is 8. The number of hydrogen-bond donors (Lipinski definition) is 0. The topological polar surface area (TPSA) is 38.7 Å². The van der Waals surface area contributed by atoms with Gasteiger partial charge in [0.05, 0.1) is 0 Å². The molecule has 3 nitrogen and oxygen atoms in total. The van der Waals surface area contributed by atoms with Gasteiger partial charge in [0, 0.05) is 42.3 Å². The fourth-order valence-electron chi connectivity index (χ4n) is 7.04. The van der Waals surface area contributed by atoms with Crippen LogP contribution in [0.4, 0.5) is 0 Å². The third kappa shape index (κ3) is 3.71. The molecule has 8 aromatic rings. The number of rotatable bonds is 3. The molecule has 2 heterocycles. The minimum absolute atomic E-state index is 0.161. The zero-order valence-electron chi connectivity index (χ0n) is 24.4. The summed E-state index contributed by atoms with van der Waals surface area (Å²) in [6.07, 6.45) is 0. The van der Waals surface area contributed by atoms with Gasteiger partial charge in [-0.05, 0) is 45.2 Å². The van der Waals surface area contributed by atoms with Crippen molar-refractivity contribution < 1.29 is 0 Å². The lowest BCUT2D eigenvalue weighted by molar-refractivity contribution is 0.666. The van der Waals surface area contributed by atoms with E-state index in [4.69, 9.17) is 15.0 Å². The maximum absolute atomic E-state index is 5.20. The summed E-state index contributed by atoms with van der Waals surface area (Å²) in [5.41, 5.74) is 7.98. The van der Waals surface area contributed by atoms with E-state index in [0.29, 0.717) is 17.5 Å². The van der Waals surface area contributed by atoms with E-state index in [0.717, 1.165) is 16.7 Å². The Bertz CT molecular complexity index is 2420. The van der Waals surface area contributed by atoms with Crippen molar-refractivity contribution in [3.63, 3.8) is 0 Å².